The van der Waals surface area contributed by atoms with E-state index in [1.54, 1.807) is 11.3 Å². The molecule has 130 valence electrons. The van der Waals surface area contributed by atoms with Crippen molar-refractivity contribution in [1.82, 2.24) is 4.98 Å². The molecule has 2 heterocycles. The molecular formula is C22H15N3OS. The van der Waals surface area contributed by atoms with E-state index in [2.05, 4.69) is 11.1 Å². The zero-order chi connectivity index (χ0) is 18.6. The molecule has 27 heavy (non-hydrogen) atoms. The third-order valence-corrected chi connectivity index (χ3v) is 4.98. The summed E-state index contributed by atoms with van der Waals surface area (Å²) in [6.45, 7) is 0. The van der Waals surface area contributed by atoms with E-state index in [0.29, 0.717) is 5.56 Å². The highest BCUT2D eigenvalue weighted by atomic mass is 32.1. The summed E-state index contributed by atoms with van der Waals surface area (Å²) in [5.74, 6) is 1.76. The monoisotopic (exact) mass is 369 g/mol. The van der Waals surface area contributed by atoms with Gasteiger partial charge in [0.15, 0.2) is 0 Å². The van der Waals surface area contributed by atoms with Crippen LogP contribution >= 0.6 is 11.3 Å². The summed E-state index contributed by atoms with van der Waals surface area (Å²) in [5, 5.41) is 11.4. The SMILES string of the molecule is N#Cc1c(-c2cccs2)cc(-c2ccc(Oc3ccccc3)cc2)nc1N. The van der Waals surface area contributed by atoms with E-state index in [1.165, 1.54) is 0 Å². The number of pyridine rings is 1. The number of hydrogen-bond donors (Lipinski definition) is 1. The molecule has 0 saturated carbocycles. The Bertz CT molecular complexity index is 1100. The molecule has 0 spiro atoms. The maximum atomic E-state index is 9.45. The molecule has 4 nitrogen and oxygen atoms in total. The summed E-state index contributed by atoms with van der Waals surface area (Å²) >= 11 is 1.57. The molecule has 0 aliphatic rings. The van der Waals surface area contributed by atoms with Crippen LogP contribution in [0.4, 0.5) is 5.82 Å². The number of nitrogens with zero attached hydrogens (tertiary/aromatic N) is 2. The van der Waals surface area contributed by atoms with Crippen molar-refractivity contribution in [1.29, 1.82) is 5.26 Å². The topological polar surface area (TPSA) is 71.9 Å². The summed E-state index contributed by atoms with van der Waals surface area (Å²) in [6.07, 6.45) is 0. The Labute approximate surface area is 161 Å². The van der Waals surface area contributed by atoms with Gasteiger partial charge in [-0.15, -0.1) is 11.3 Å². The van der Waals surface area contributed by atoms with Crippen molar-refractivity contribution < 1.29 is 4.74 Å². The van der Waals surface area contributed by atoms with Gasteiger partial charge in [0.25, 0.3) is 0 Å². The molecule has 0 saturated heterocycles. The average Bonchev–Trinajstić information content (AvgIpc) is 3.23. The van der Waals surface area contributed by atoms with Gasteiger partial charge in [-0.25, -0.2) is 4.98 Å². The lowest BCUT2D eigenvalue weighted by Gasteiger charge is -2.10. The van der Waals surface area contributed by atoms with Gasteiger partial charge in [-0.3, -0.25) is 0 Å². The molecule has 0 radical (unpaired) electrons. The molecule has 0 aliphatic carbocycles. The van der Waals surface area contributed by atoms with Crippen LogP contribution in [0.1, 0.15) is 5.56 Å². The van der Waals surface area contributed by atoms with Gasteiger partial charge >= 0.3 is 0 Å². The normalized spacial score (nSPS) is 10.3. The van der Waals surface area contributed by atoms with Crippen molar-refractivity contribution in [3.63, 3.8) is 0 Å². The van der Waals surface area contributed by atoms with Gasteiger partial charge in [0.05, 0.1) is 5.69 Å². The van der Waals surface area contributed by atoms with Gasteiger partial charge < -0.3 is 10.5 Å². The van der Waals surface area contributed by atoms with Gasteiger partial charge in [0.1, 0.15) is 28.9 Å². The highest BCUT2D eigenvalue weighted by molar-refractivity contribution is 7.13. The van der Waals surface area contributed by atoms with Crippen molar-refractivity contribution in [3.8, 4) is 39.3 Å². The number of nitrogens with two attached hydrogens (primary N) is 1. The van der Waals surface area contributed by atoms with Crippen molar-refractivity contribution in [2.24, 2.45) is 0 Å². The van der Waals surface area contributed by atoms with E-state index in [4.69, 9.17) is 10.5 Å². The number of ether oxygens (including phenoxy) is 1. The largest absolute Gasteiger partial charge is 0.457 e. The van der Waals surface area contributed by atoms with E-state index in [0.717, 1.165) is 33.2 Å². The quantitative estimate of drug-likeness (QED) is 0.499. The molecule has 0 fully saturated rings. The van der Waals surface area contributed by atoms with Crippen LogP contribution in [0.3, 0.4) is 0 Å². The van der Waals surface area contributed by atoms with Gasteiger partial charge in [-0.1, -0.05) is 24.3 Å². The minimum atomic E-state index is 0.239. The summed E-state index contributed by atoms with van der Waals surface area (Å²) in [7, 11) is 0. The first-order valence-corrected chi connectivity index (χ1v) is 9.20. The molecule has 0 aliphatic heterocycles. The number of aromatic nitrogens is 1. The van der Waals surface area contributed by atoms with Crippen LogP contribution < -0.4 is 10.5 Å². The Kier molecular flexibility index (Phi) is 4.56. The van der Waals surface area contributed by atoms with Crippen LogP contribution in [0.15, 0.2) is 78.2 Å². The van der Waals surface area contributed by atoms with Crippen molar-refractivity contribution in [3.05, 3.63) is 83.7 Å². The second kappa shape index (κ2) is 7.32. The Morgan fingerprint density at radius 3 is 2.33 bits per heavy atom. The van der Waals surface area contributed by atoms with E-state index in [1.807, 2.05) is 78.2 Å². The zero-order valence-corrected chi connectivity index (χ0v) is 15.1. The first-order valence-electron chi connectivity index (χ1n) is 8.32. The lowest BCUT2D eigenvalue weighted by molar-refractivity contribution is 0.483. The molecular weight excluding hydrogens is 354 g/mol. The van der Waals surface area contributed by atoms with Crippen LogP contribution in [0.5, 0.6) is 11.5 Å². The molecule has 2 N–H and O–H groups in total. The van der Waals surface area contributed by atoms with Crippen LogP contribution in [-0.4, -0.2) is 4.98 Å². The molecule has 0 unspecified atom stereocenters. The van der Waals surface area contributed by atoms with Crippen LogP contribution in [0.2, 0.25) is 0 Å². The maximum Gasteiger partial charge on any atom is 0.142 e. The minimum Gasteiger partial charge on any atom is -0.457 e. The zero-order valence-electron chi connectivity index (χ0n) is 14.3. The summed E-state index contributed by atoms with van der Waals surface area (Å²) < 4.78 is 5.83. The van der Waals surface area contributed by atoms with Gasteiger partial charge in [-0.05, 0) is 53.9 Å². The van der Waals surface area contributed by atoms with Crippen molar-refractivity contribution in [2.45, 2.75) is 0 Å². The van der Waals surface area contributed by atoms with E-state index in [-0.39, 0.29) is 5.82 Å². The first kappa shape index (κ1) is 16.8. The fraction of sp³-hybridized carbons (Fsp3) is 0. The third-order valence-electron chi connectivity index (χ3n) is 4.07. The Morgan fingerprint density at radius 2 is 1.67 bits per heavy atom. The first-order chi connectivity index (χ1) is 13.2. The number of para-hydroxylation sites is 1. The average molecular weight is 369 g/mol. The van der Waals surface area contributed by atoms with E-state index in [9.17, 15) is 5.26 Å². The van der Waals surface area contributed by atoms with Gasteiger partial charge in [-0.2, -0.15) is 5.26 Å². The fourth-order valence-electron chi connectivity index (χ4n) is 2.77. The molecule has 2 aromatic carbocycles. The number of benzene rings is 2. The second-order valence-corrected chi connectivity index (χ2v) is 6.79. The smallest absolute Gasteiger partial charge is 0.142 e. The third kappa shape index (κ3) is 3.52. The van der Waals surface area contributed by atoms with Crippen LogP contribution in [0, 0.1) is 11.3 Å². The number of nitrogen functional groups attached to an aromatic ring is 1. The minimum absolute atomic E-state index is 0.239. The number of hydrogen-bond acceptors (Lipinski definition) is 5. The van der Waals surface area contributed by atoms with Gasteiger partial charge in [0.2, 0.25) is 0 Å². The summed E-state index contributed by atoms with van der Waals surface area (Å²) in [4.78, 5) is 5.41. The molecule has 0 bridgehead atoms. The molecule has 0 amide bonds. The van der Waals surface area contributed by atoms with Crippen LogP contribution in [0.25, 0.3) is 21.7 Å². The number of nitriles is 1. The Balaban J connectivity index is 1.68. The van der Waals surface area contributed by atoms with Gasteiger partial charge in [0, 0.05) is 16.0 Å². The Morgan fingerprint density at radius 1 is 0.926 bits per heavy atom. The lowest BCUT2D eigenvalue weighted by Crippen LogP contribution is -1.99. The highest BCUT2D eigenvalue weighted by Crippen LogP contribution is 2.34. The van der Waals surface area contributed by atoms with Crippen molar-refractivity contribution in [2.75, 3.05) is 5.73 Å². The van der Waals surface area contributed by atoms with Crippen molar-refractivity contribution >= 4 is 17.2 Å². The highest BCUT2D eigenvalue weighted by Gasteiger charge is 2.14. The molecule has 4 rings (SSSR count). The number of rotatable bonds is 4. The standard InChI is InChI=1S/C22H15N3OS/c23-14-19-18(21-7-4-12-27-21)13-20(25-22(19)24)15-8-10-17(11-9-15)26-16-5-2-1-3-6-16/h1-13H,(H2,24,25). The fourth-order valence-corrected chi connectivity index (χ4v) is 3.52. The van der Waals surface area contributed by atoms with E-state index >= 15 is 0 Å². The van der Waals surface area contributed by atoms with E-state index < -0.39 is 0 Å². The Hall–Kier alpha value is -3.62. The summed E-state index contributed by atoms with van der Waals surface area (Å²) in [5.41, 5.74) is 8.90. The molecule has 5 heteroatoms. The predicted molar refractivity (Wildman–Crippen MR) is 109 cm³/mol. The molecule has 0 atom stereocenters. The number of anilines is 1. The molecule has 4 aromatic rings. The summed E-state index contributed by atoms with van der Waals surface area (Å²) in [6, 6.07) is 25.3. The maximum absolute atomic E-state index is 9.45. The predicted octanol–water partition coefficient (Wildman–Crippen LogP) is 5.72. The molecule has 2 aromatic heterocycles. The number of thiophene rings is 1. The lowest BCUT2D eigenvalue weighted by atomic mass is 10.0. The second-order valence-electron chi connectivity index (χ2n) is 5.84. The van der Waals surface area contributed by atoms with Crippen LogP contribution in [-0.2, 0) is 0 Å².